The van der Waals surface area contributed by atoms with Gasteiger partial charge in [0.1, 0.15) is 6.10 Å². The molecule has 22 heavy (non-hydrogen) atoms. The van der Waals surface area contributed by atoms with E-state index < -0.39 is 18.4 Å². The Balaban J connectivity index is 1.70. The monoisotopic (exact) mass is 298 g/mol. The van der Waals surface area contributed by atoms with E-state index in [0.717, 1.165) is 16.3 Å². The average Bonchev–Trinajstić information content (AvgIpc) is 2.55. The van der Waals surface area contributed by atoms with Crippen molar-refractivity contribution in [2.45, 2.75) is 12.4 Å². The number of hydrogen-bond acceptors (Lipinski definition) is 4. The SMILES string of the molecule is [N-]=[N+]=CC(=O)OC1COC(c2cccc3ccccc23)OC1. The van der Waals surface area contributed by atoms with E-state index in [2.05, 4.69) is 4.79 Å². The molecule has 3 rings (SSSR count). The van der Waals surface area contributed by atoms with Gasteiger partial charge in [-0.1, -0.05) is 42.5 Å². The van der Waals surface area contributed by atoms with Crippen LogP contribution in [0.4, 0.5) is 0 Å². The molecule has 6 heteroatoms. The molecule has 0 aromatic heterocycles. The molecule has 1 fully saturated rings. The van der Waals surface area contributed by atoms with Gasteiger partial charge < -0.3 is 19.7 Å². The van der Waals surface area contributed by atoms with Gasteiger partial charge in [-0.15, -0.1) is 0 Å². The molecule has 0 atom stereocenters. The van der Waals surface area contributed by atoms with Crippen molar-refractivity contribution in [1.82, 2.24) is 0 Å². The molecule has 1 heterocycles. The molecule has 0 radical (unpaired) electrons. The number of nitrogens with zero attached hydrogens (tertiary/aromatic N) is 2. The summed E-state index contributed by atoms with van der Waals surface area (Å²) in [6.07, 6.45) is -0.319. The van der Waals surface area contributed by atoms with E-state index in [1.807, 2.05) is 42.5 Å². The quantitative estimate of drug-likeness (QED) is 0.376. The number of fused-ring (bicyclic) bond motifs is 1. The molecule has 0 amide bonds. The molecule has 0 bridgehead atoms. The maximum Gasteiger partial charge on any atom is 0.414 e. The lowest BCUT2D eigenvalue weighted by Crippen LogP contribution is -2.35. The van der Waals surface area contributed by atoms with Crippen LogP contribution < -0.4 is 0 Å². The minimum atomic E-state index is -0.733. The minimum Gasteiger partial charge on any atom is -0.449 e. The zero-order valence-corrected chi connectivity index (χ0v) is 11.7. The Kier molecular flexibility index (Phi) is 4.25. The lowest BCUT2D eigenvalue weighted by atomic mass is 10.0. The van der Waals surface area contributed by atoms with Crippen molar-refractivity contribution < 1.29 is 23.8 Å². The van der Waals surface area contributed by atoms with Crippen LogP contribution in [0.2, 0.25) is 0 Å². The first kappa shape index (κ1) is 14.4. The van der Waals surface area contributed by atoms with Gasteiger partial charge in [0.2, 0.25) is 0 Å². The van der Waals surface area contributed by atoms with Gasteiger partial charge in [0.15, 0.2) is 6.29 Å². The van der Waals surface area contributed by atoms with Crippen LogP contribution in [-0.2, 0) is 19.0 Å². The molecule has 0 N–H and O–H groups in total. The van der Waals surface area contributed by atoms with Crippen LogP contribution in [0.1, 0.15) is 11.9 Å². The molecule has 2 aromatic rings. The van der Waals surface area contributed by atoms with E-state index in [0.29, 0.717) is 6.21 Å². The number of esters is 1. The summed E-state index contributed by atoms with van der Waals surface area (Å²) in [6, 6.07) is 13.9. The standard InChI is InChI=1S/C16H14N2O4/c17-18-8-15(19)22-12-9-20-16(21-10-12)14-7-3-5-11-4-1-2-6-13(11)14/h1-8,12,16H,9-10H2. The first-order chi connectivity index (χ1) is 10.8. The van der Waals surface area contributed by atoms with Gasteiger partial charge in [-0.05, 0) is 10.8 Å². The average molecular weight is 298 g/mol. The van der Waals surface area contributed by atoms with Crippen molar-refractivity contribution in [3.8, 4) is 0 Å². The highest BCUT2D eigenvalue weighted by Crippen LogP contribution is 2.29. The summed E-state index contributed by atoms with van der Waals surface area (Å²) in [5.41, 5.74) is 9.21. The second-order valence-electron chi connectivity index (χ2n) is 4.87. The summed E-state index contributed by atoms with van der Waals surface area (Å²) in [5, 5.41) is 2.18. The number of benzene rings is 2. The predicted octanol–water partition coefficient (Wildman–Crippen LogP) is 2.10. The summed E-state index contributed by atoms with van der Waals surface area (Å²) in [5.74, 6) is -0.733. The number of carbonyl (C=O) groups excluding carboxylic acids is 1. The Bertz CT molecular complexity index is 727. The van der Waals surface area contributed by atoms with Gasteiger partial charge in [0.25, 0.3) is 0 Å². The zero-order valence-electron chi connectivity index (χ0n) is 11.7. The van der Waals surface area contributed by atoms with E-state index in [1.165, 1.54) is 0 Å². The third-order valence-corrected chi connectivity index (χ3v) is 3.39. The van der Waals surface area contributed by atoms with Gasteiger partial charge >= 0.3 is 12.2 Å². The smallest absolute Gasteiger partial charge is 0.414 e. The maximum absolute atomic E-state index is 11.2. The zero-order chi connectivity index (χ0) is 15.4. The Labute approximate surface area is 126 Å². The van der Waals surface area contributed by atoms with E-state index in [9.17, 15) is 4.79 Å². The van der Waals surface area contributed by atoms with Crippen molar-refractivity contribution >= 4 is 23.0 Å². The third kappa shape index (κ3) is 3.04. The van der Waals surface area contributed by atoms with Crippen LogP contribution in [0.3, 0.4) is 0 Å². The molecule has 0 spiro atoms. The summed E-state index contributed by atoms with van der Waals surface area (Å²) < 4.78 is 16.3. The second-order valence-corrected chi connectivity index (χ2v) is 4.87. The lowest BCUT2D eigenvalue weighted by Gasteiger charge is -2.29. The molecule has 112 valence electrons. The van der Waals surface area contributed by atoms with Crippen LogP contribution in [-0.4, -0.2) is 36.3 Å². The minimum absolute atomic E-state index is 0.221. The van der Waals surface area contributed by atoms with Crippen molar-refractivity contribution in [2.75, 3.05) is 13.2 Å². The largest absolute Gasteiger partial charge is 0.449 e. The molecule has 2 aromatic carbocycles. The van der Waals surface area contributed by atoms with E-state index >= 15 is 0 Å². The van der Waals surface area contributed by atoms with Crippen molar-refractivity contribution in [1.29, 1.82) is 0 Å². The predicted molar refractivity (Wildman–Crippen MR) is 78.2 cm³/mol. The fourth-order valence-corrected chi connectivity index (χ4v) is 2.43. The third-order valence-electron chi connectivity index (χ3n) is 3.39. The molecule has 0 aliphatic carbocycles. The Morgan fingerprint density at radius 3 is 2.68 bits per heavy atom. The fourth-order valence-electron chi connectivity index (χ4n) is 2.43. The van der Waals surface area contributed by atoms with Crippen LogP contribution in [0.25, 0.3) is 16.3 Å². The van der Waals surface area contributed by atoms with Crippen molar-refractivity contribution in [3.05, 3.63) is 53.6 Å². The molecule has 1 aliphatic rings. The number of carbonyl (C=O) groups is 1. The first-order valence-electron chi connectivity index (χ1n) is 6.87. The lowest BCUT2D eigenvalue weighted by molar-refractivity contribution is -0.227. The van der Waals surface area contributed by atoms with E-state index in [4.69, 9.17) is 19.7 Å². The van der Waals surface area contributed by atoms with Crippen LogP contribution in [0.5, 0.6) is 0 Å². The van der Waals surface area contributed by atoms with Gasteiger partial charge in [-0.25, -0.2) is 4.79 Å². The van der Waals surface area contributed by atoms with Crippen LogP contribution >= 0.6 is 0 Å². The topological polar surface area (TPSA) is 81.2 Å². The van der Waals surface area contributed by atoms with Crippen LogP contribution in [0.15, 0.2) is 42.5 Å². The normalized spacial score (nSPS) is 21.1. The molecule has 0 unspecified atom stereocenters. The summed E-state index contributed by atoms with van der Waals surface area (Å²) >= 11 is 0. The molecule has 1 saturated heterocycles. The molecule has 0 saturated carbocycles. The highest BCUT2D eigenvalue weighted by molar-refractivity contribution is 6.20. The second kappa shape index (κ2) is 6.49. The van der Waals surface area contributed by atoms with Crippen molar-refractivity contribution in [3.63, 3.8) is 0 Å². The first-order valence-corrected chi connectivity index (χ1v) is 6.87. The molecule has 6 nitrogen and oxygen atoms in total. The van der Waals surface area contributed by atoms with Gasteiger partial charge in [-0.2, -0.15) is 4.79 Å². The number of ether oxygens (including phenoxy) is 3. The molecular formula is C16H14N2O4. The summed E-state index contributed by atoms with van der Waals surface area (Å²) in [7, 11) is 0. The van der Waals surface area contributed by atoms with E-state index in [1.54, 1.807) is 0 Å². The van der Waals surface area contributed by atoms with Gasteiger partial charge in [0.05, 0.1) is 13.2 Å². The summed E-state index contributed by atoms with van der Waals surface area (Å²) in [4.78, 5) is 13.8. The highest BCUT2D eigenvalue weighted by Gasteiger charge is 2.27. The fraction of sp³-hybridized carbons (Fsp3) is 0.250. The summed E-state index contributed by atoms with van der Waals surface area (Å²) in [6.45, 7) is 0.442. The number of hydrogen-bond donors (Lipinski definition) is 0. The van der Waals surface area contributed by atoms with Gasteiger partial charge in [-0.3, -0.25) is 0 Å². The Morgan fingerprint density at radius 1 is 1.18 bits per heavy atom. The van der Waals surface area contributed by atoms with Crippen molar-refractivity contribution in [2.24, 2.45) is 0 Å². The van der Waals surface area contributed by atoms with E-state index in [-0.39, 0.29) is 13.2 Å². The van der Waals surface area contributed by atoms with Crippen LogP contribution in [0, 0.1) is 0 Å². The Morgan fingerprint density at radius 2 is 1.91 bits per heavy atom. The Hall–Kier alpha value is -2.53. The number of rotatable bonds is 3. The highest BCUT2D eigenvalue weighted by atomic mass is 16.7. The van der Waals surface area contributed by atoms with Gasteiger partial charge in [0, 0.05) is 5.56 Å². The molecular weight excluding hydrogens is 284 g/mol. The maximum atomic E-state index is 11.2. The molecule has 1 aliphatic heterocycles.